The van der Waals surface area contributed by atoms with Crippen molar-refractivity contribution in [3.8, 4) is 0 Å². The molecule has 2 aromatic heterocycles. The van der Waals surface area contributed by atoms with Crippen LogP contribution in [0.25, 0.3) is 10.9 Å². The summed E-state index contributed by atoms with van der Waals surface area (Å²) in [5.41, 5.74) is 0.868. The van der Waals surface area contributed by atoms with Gasteiger partial charge in [-0.05, 0) is 43.5 Å². The van der Waals surface area contributed by atoms with Gasteiger partial charge in [0.15, 0.2) is 5.13 Å². The lowest BCUT2D eigenvalue weighted by atomic mass is 10.0. The molecule has 1 aliphatic heterocycles. The second-order valence-electron chi connectivity index (χ2n) is 7.51. The first kappa shape index (κ1) is 19.7. The van der Waals surface area contributed by atoms with E-state index in [1.54, 1.807) is 0 Å². The van der Waals surface area contributed by atoms with E-state index >= 15 is 0 Å². The third-order valence-electron chi connectivity index (χ3n) is 5.02. The quantitative estimate of drug-likeness (QED) is 0.693. The minimum absolute atomic E-state index is 0.146. The highest BCUT2D eigenvalue weighted by Gasteiger charge is 2.18. The molecule has 0 radical (unpaired) electrons. The zero-order chi connectivity index (χ0) is 20.4. The number of likely N-dealkylation sites (tertiary alicyclic amines) is 1. The molecule has 0 aliphatic carbocycles. The average Bonchev–Trinajstić information content (AvgIpc) is 3.11. The third kappa shape index (κ3) is 4.68. The fourth-order valence-corrected chi connectivity index (χ4v) is 4.37. The van der Waals surface area contributed by atoms with Gasteiger partial charge in [-0.3, -0.25) is 19.1 Å². The molecule has 1 aromatic carbocycles. The number of carbonyl (C=O) groups excluding carboxylic acids is 1. The summed E-state index contributed by atoms with van der Waals surface area (Å²) in [6.45, 7) is 4.96. The van der Waals surface area contributed by atoms with Crippen molar-refractivity contribution in [3.63, 3.8) is 0 Å². The summed E-state index contributed by atoms with van der Waals surface area (Å²) in [6.07, 6.45) is 3.77. The lowest BCUT2D eigenvalue weighted by molar-refractivity contribution is -0.116. The monoisotopic (exact) mass is 415 g/mol. The van der Waals surface area contributed by atoms with Crippen LogP contribution in [0.1, 0.15) is 25.5 Å². The van der Waals surface area contributed by atoms with Crippen LogP contribution in [0.15, 0.2) is 34.7 Å². The fraction of sp³-hybridized carbons (Fsp3) is 0.400. The van der Waals surface area contributed by atoms with Crippen LogP contribution in [0.2, 0.25) is 0 Å². The minimum atomic E-state index is -0.517. The van der Waals surface area contributed by atoms with Crippen LogP contribution in [-0.4, -0.2) is 38.4 Å². The van der Waals surface area contributed by atoms with Crippen LogP contribution < -0.4 is 10.9 Å². The number of nitrogens with one attached hydrogen (secondary N) is 1. The van der Waals surface area contributed by atoms with Gasteiger partial charge >= 0.3 is 0 Å². The lowest BCUT2D eigenvalue weighted by Gasteiger charge is -2.30. The molecule has 7 nitrogen and oxygen atoms in total. The maximum absolute atomic E-state index is 13.4. The highest BCUT2D eigenvalue weighted by molar-refractivity contribution is 7.13. The molecule has 1 aliphatic rings. The molecule has 3 heterocycles. The molecule has 1 N–H and O–H groups in total. The minimum Gasteiger partial charge on any atom is -0.300 e. The van der Waals surface area contributed by atoms with Crippen LogP contribution in [0, 0.1) is 11.7 Å². The molecule has 152 valence electrons. The first-order valence-corrected chi connectivity index (χ1v) is 10.5. The first-order valence-electron chi connectivity index (χ1n) is 9.59. The molecule has 1 amide bonds. The van der Waals surface area contributed by atoms with E-state index < -0.39 is 11.4 Å². The predicted octanol–water partition coefficient (Wildman–Crippen LogP) is 2.86. The number of benzene rings is 1. The van der Waals surface area contributed by atoms with Gasteiger partial charge in [-0.2, -0.15) is 0 Å². The molecular weight excluding hydrogens is 393 g/mol. The Morgan fingerprint density at radius 1 is 1.41 bits per heavy atom. The van der Waals surface area contributed by atoms with Crippen molar-refractivity contribution in [2.45, 2.75) is 32.9 Å². The van der Waals surface area contributed by atoms with E-state index in [2.05, 4.69) is 27.1 Å². The molecule has 1 fully saturated rings. The maximum Gasteiger partial charge on any atom is 0.261 e. The van der Waals surface area contributed by atoms with Crippen molar-refractivity contribution in [3.05, 3.63) is 51.8 Å². The summed E-state index contributed by atoms with van der Waals surface area (Å²) in [4.78, 5) is 35.8. The van der Waals surface area contributed by atoms with Gasteiger partial charge in [-0.25, -0.2) is 14.4 Å². The van der Waals surface area contributed by atoms with Crippen molar-refractivity contribution < 1.29 is 9.18 Å². The zero-order valence-corrected chi connectivity index (χ0v) is 16.9. The predicted molar refractivity (Wildman–Crippen MR) is 110 cm³/mol. The second-order valence-corrected chi connectivity index (χ2v) is 8.37. The molecular formula is C20H22FN5O2S. The van der Waals surface area contributed by atoms with E-state index in [-0.39, 0.29) is 17.8 Å². The Bertz CT molecular complexity index is 1100. The number of carbonyl (C=O) groups is 1. The van der Waals surface area contributed by atoms with Crippen LogP contribution in [0.3, 0.4) is 0 Å². The lowest BCUT2D eigenvalue weighted by Crippen LogP contribution is -2.33. The number of hydrogen-bond donors (Lipinski definition) is 1. The number of aromatic nitrogens is 3. The standard InChI is InChI=1S/C20H22FN5O2S/c1-13-3-2-6-25(8-13)9-15-11-29-20(23-15)24-18(27)10-26-12-22-17-5-4-14(21)7-16(17)19(26)28/h4-5,7,11-13H,2-3,6,8-10H2,1H3,(H,23,24,27). The summed E-state index contributed by atoms with van der Waals surface area (Å²) < 4.78 is 14.6. The molecule has 9 heteroatoms. The van der Waals surface area contributed by atoms with E-state index in [4.69, 9.17) is 0 Å². The van der Waals surface area contributed by atoms with Crippen LogP contribution >= 0.6 is 11.3 Å². The largest absolute Gasteiger partial charge is 0.300 e. The summed E-state index contributed by atoms with van der Waals surface area (Å²) in [6, 6.07) is 3.82. The summed E-state index contributed by atoms with van der Waals surface area (Å²) >= 11 is 1.36. The summed E-state index contributed by atoms with van der Waals surface area (Å²) in [5, 5.41) is 5.33. The van der Waals surface area contributed by atoms with Crippen molar-refractivity contribution in [1.29, 1.82) is 0 Å². The zero-order valence-electron chi connectivity index (χ0n) is 16.1. The molecule has 1 atom stereocenters. The fourth-order valence-electron chi connectivity index (χ4n) is 3.65. The van der Waals surface area contributed by atoms with Gasteiger partial charge in [0, 0.05) is 18.5 Å². The normalized spacial score (nSPS) is 17.5. The van der Waals surface area contributed by atoms with Crippen LogP contribution in [0.5, 0.6) is 0 Å². The summed E-state index contributed by atoms with van der Waals surface area (Å²) in [7, 11) is 0. The van der Waals surface area contributed by atoms with E-state index in [1.807, 2.05) is 5.38 Å². The highest BCUT2D eigenvalue weighted by Crippen LogP contribution is 2.21. The van der Waals surface area contributed by atoms with Gasteiger partial charge in [-0.1, -0.05) is 6.92 Å². The number of rotatable bonds is 5. The highest BCUT2D eigenvalue weighted by atomic mass is 32.1. The number of halogens is 1. The number of amides is 1. The van der Waals surface area contributed by atoms with E-state index in [1.165, 1.54) is 47.2 Å². The van der Waals surface area contributed by atoms with E-state index in [0.717, 1.165) is 31.4 Å². The molecule has 3 aromatic rings. The molecule has 0 spiro atoms. The van der Waals surface area contributed by atoms with Gasteiger partial charge in [0.25, 0.3) is 5.56 Å². The van der Waals surface area contributed by atoms with Crippen LogP contribution in [-0.2, 0) is 17.9 Å². The Morgan fingerprint density at radius 2 is 2.28 bits per heavy atom. The average molecular weight is 415 g/mol. The molecule has 29 heavy (non-hydrogen) atoms. The Labute approximate surface area is 171 Å². The number of hydrogen-bond acceptors (Lipinski definition) is 6. The van der Waals surface area contributed by atoms with Gasteiger partial charge in [0.05, 0.1) is 22.9 Å². The topological polar surface area (TPSA) is 80.1 Å². The Morgan fingerprint density at radius 3 is 3.10 bits per heavy atom. The molecule has 1 saturated heterocycles. The molecule has 0 saturated carbocycles. The Balaban J connectivity index is 1.40. The summed E-state index contributed by atoms with van der Waals surface area (Å²) in [5.74, 6) is -0.196. The number of thiazole rings is 1. The van der Waals surface area contributed by atoms with Crippen molar-refractivity contribution in [1.82, 2.24) is 19.4 Å². The maximum atomic E-state index is 13.4. The Kier molecular flexibility index (Phi) is 5.68. The van der Waals surface area contributed by atoms with Crippen molar-refractivity contribution >= 4 is 33.3 Å². The van der Waals surface area contributed by atoms with Gasteiger partial charge in [0.1, 0.15) is 12.4 Å². The Hall–Kier alpha value is -2.65. The van der Waals surface area contributed by atoms with Crippen molar-refractivity contribution in [2.24, 2.45) is 5.92 Å². The third-order valence-corrected chi connectivity index (χ3v) is 5.83. The van der Waals surface area contributed by atoms with Crippen molar-refractivity contribution in [2.75, 3.05) is 18.4 Å². The van der Waals surface area contributed by atoms with Gasteiger partial charge < -0.3 is 5.32 Å². The smallest absolute Gasteiger partial charge is 0.261 e. The second kappa shape index (κ2) is 8.38. The number of anilines is 1. The molecule has 0 bridgehead atoms. The van der Waals surface area contributed by atoms with E-state index in [0.29, 0.717) is 16.6 Å². The van der Waals surface area contributed by atoms with Gasteiger partial charge in [0.2, 0.25) is 5.91 Å². The number of fused-ring (bicyclic) bond motifs is 1. The molecule has 4 rings (SSSR count). The SMILES string of the molecule is CC1CCCN(Cc2csc(NC(=O)Cn3cnc4ccc(F)cc4c3=O)n2)C1. The van der Waals surface area contributed by atoms with Crippen LogP contribution in [0.4, 0.5) is 9.52 Å². The van der Waals surface area contributed by atoms with E-state index in [9.17, 15) is 14.0 Å². The number of nitrogens with zero attached hydrogens (tertiary/aromatic N) is 4. The number of piperidine rings is 1. The molecule has 1 unspecified atom stereocenters. The van der Waals surface area contributed by atoms with Gasteiger partial charge in [-0.15, -0.1) is 11.3 Å². The first-order chi connectivity index (χ1) is 14.0.